The van der Waals surface area contributed by atoms with Gasteiger partial charge < -0.3 is 4.74 Å². The summed E-state index contributed by atoms with van der Waals surface area (Å²) in [6.45, 7) is 8.47. The standard InChI is InChI=1S/C23H27NO/c1-17(2)22-21(16-15-19-11-7-5-8-12-19)24(4)18(3)23(25-22)20-13-9-6-10-14-20/h5-16,18,21-23H,1H2,2-4H3/b16-15+/t18-,21-,22-,23-/m0/s1. The Morgan fingerprint density at radius 1 is 1.04 bits per heavy atom. The maximum atomic E-state index is 6.53. The molecule has 0 bridgehead atoms. The molecule has 2 aromatic carbocycles. The van der Waals surface area contributed by atoms with Crippen molar-refractivity contribution >= 4 is 6.08 Å². The number of benzene rings is 2. The van der Waals surface area contributed by atoms with Crippen LogP contribution in [0, 0.1) is 0 Å². The predicted octanol–water partition coefficient (Wildman–Crippen LogP) is 5.10. The Labute approximate surface area is 151 Å². The van der Waals surface area contributed by atoms with E-state index in [1.165, 1.54) is 11.1 Å². The summed E-state index contributed by atoms with van der Waals surface area (Å²) >= 11 is 0. The molecule has 2 nitrogen and oxygen atoms in total. The molecule has 0 aromatic heterocycles. The molecule has 4 atom stereocenters. The summed E-state index contributed by atoms with van der Waals surface area (Å²) in [4.78, 5) is 2.40. The normalized spacial score (nSPS) is 27.5. The van der Waals surface area contributed by atoms with Crippen LogP contribution in [-0.4, -0.2) is 30.1 Å². The minimum Gasteiger partial charge on any atom is -0.362 e. The molecule has 1 heterocycles. The van der Waals surface area contributed by atoms with E-state index in [1.807, 2.05) is 12.1 Å². The van der Waals surface area contributed by atoms with Crippen LogP contribution < -0.4 is 0 Å². The third-order valence-corrected chi connectivity index (χ3v) is 5.05. The fourth-order valence-electron chi connectivity index (χ4n) is 3.47. The van der Waals surface area contributed by atoms with Gasteiger partial charge in [0.2, 0.25) is 0 Å². The van der Waals surface area contributed by atoms with Gasteiger partial charge in [0.15, 0.2) is 0 Å². The van der Waals surface area contributed by atoms with Crippen molar-refractivity contribution in [3.63, 3.8) is 0 Å². The van der Waals surface area contributed by atoms with E-state index in [0.29, 0.717) is 0 Å². The van der Waals surface area contributed by atoms with Crippen molar-refractivity contribution in [1.82, 2.24) is 4.90 Å². The van der Waals surface area contributed by atoms with E-state index in [-0.39, 0.29) is 24.3 Å². The molecular formula is C23H27NO. The van der Waals surface area contributed by atoms with Gasteiger partial charge in [0.05, 0.1) is 18.2 Å². The molecule has 1 aliphatic rings. The number of hydrogen-bond donors (Lipinski definition) is 0. The van der Waals surface area contributed by atoms with Crippen molar-refractivity contribution in [2.75, 3.05) is 7.05 Å². The van der Waals surface area contributed by atoms with Gasteiger partial charge in [-0.05, 0) is 32.0 Å². The van der Waals surface area contributed by atoms with Gasteiger partial charge in [-0.1, -0.05) is 85.0 Å². The predicted molar refractivity (Wildman–Crippen MR) is 105 cm³/mol. The van der Waals surface area contributed by atoms with Crippen molar-refractivity contribution < 1.29 is 4.74 Å². The average Bonchev–Trinajstić information content (AvgIpc) is 2.64. The van der Waals surface area contributed by atoms with Crippen LogP contribution >= 0.6 is 0 Å². The molecule has 130 valence electrons. The summed E-state index contributed by atoms with van der Waals surface area (Å²) < 4.78 is 6.53. The minimum atomic E-state index is -0.0219. The zero-order valence-corrected chi connectivity index (χ0v) is 15.3. The SMILES string of the molecule is C=C(C)[C@@H]1O[C@H](c2ccccc2)[C@H](C)N(C)[C@H]1/C=C/c1ccccc1. The number of ether oxygens (including phenoxy) is 1. The van der Waals surface area contributed by atoms with Gasteiger partial charge >= 0.3 is 0 Å². The van der Waals surface area contributed by atoms with E-state index in [9.17, 15) is 0 Å². The summed E-state index contributed by atoms with van der Waals surface area (Å²) in [7, 11) is 2.18. The lowest BCUT2D eigenvalue weighted by molar-refractivity contribution is -0.115. The van der Waals surface area contributed by atoms with Crippen molar-refractivity contribution in [3.05, 3.63) is 90.0 Å². The second-order valence-corrected chi connectivity index (χ2v) is 6.90. The Kier molecular flexibility index (Phi) is 5.52. The van der Waals surface area contributed by atoms with E-state index in [0.717, 1.165) is 5.57 Å². The minimum absolute atomic E-state index is 0.0219. The number of nitrogens with zero attached hydrogens (tertiary/aromatic N) is 1. The van der Waals surface area contributed by atoms with Crippen LogP contribution in [0.2, 0.25) is 0 Å². The van der Waals surface area contributed by atoms with E-state index in [1.54, 1.807) is 0 Å². The quantitative estimate of drug-likeness (QED) is 0.721. The molecule has 2 heteroatoms. The summed E-state index contributed by atoms with van der Waals surface area (Å²) in [5.41, 5.74) is 3.48. The molecule has 0 spiro atoms. The van der Waals surface area contributed by atoms with E-state index in [4.69, 9.17) is 4.74 Å². The molecule has 0 amide bonds. The van der Waals surface area contributed by atoms with Crippen molar-refractivity contribution in [3.8, 4) is 0 Å². The molecule has 0 aliphatic carbocycles. The second kappa shape index (κ2) is 7.81. The van der Waals surface area contributed by atoms with Gasteiger partial charge in [0, 0.05) is 6.04 Å². The third-order valence-electron chi connectivity index (χ3n) is 5.05. The maximum absolute atomic E-state index is 6.53. The molecule has 25 heavy (non-hydrogen) atoms. The maximum Gasteiger partial charge on any atom is 0.0986 e. The Balaban J connectivity index is 1.87. The van der Waals surface area contributed by atoms with Crippen LogP contribution in [0.25, 0.3) is 6.08 Å². The topological polar surface area (TPSA) is 12.5 Å². The Morgan fingerprint density at radius 3 is 2.24 bits per heavy atom. The third kappa shape index (κ3) is 3.92. The van der Waals surface area contributed by atoms with Gasteiger partial charge in [-0.3, -0.25) is 4.90 Å². The fraction of sp³-hybridized carbons (Fsp3) is 0.304. The van der Waals surface area contributed by atoms with Crippen LogP contribution in [0.4, 0.5) is 0 Å². The molecule has 0 radical (unpaired) electrons. The van der Waals surface area contributed by atoms with E-state index in [2.05, 4.69) is 93.1 Å². The highest BCUT2D eigenvalue weighted by atomic mass is 16.5. The van der Waals surface area contributed by atoms with Gasteiger partial charge in [0.1, 0.15) is 0 Å². The van der Waals surface area contributed by atoms with E-state index >= 15 is 0 Å². The first-order chi connectivity index (χ1) is 12.1. The molecular weight excluding hydrogens is 306 g/mol. The molecule has 3 rings (SSSR count). The lowest BCUT2D eigenvalue weighted by Gasteiger charge is -2.47. The smallest absolute Gasteiger partial charge is 0.0986 e. The van der Waals surface area contributed by atoms with Crippen LogP contribution in [0.15, 0.2) is 78.9 Å². The first kappa shape index (κ1) is 17.7. The largest absolute Gasteiger partial charge is 0.362 e. The summed E-state index contributed by atoms with van der Waals surface area (Å²) in [6.07, 6.45) is 4.45. The zero-order chi connectivity index (χ0) is 17.8. The first-order valence-electron chi connectivity index (χ1n) is 8.89. The Bertz CT molecular complexity index is 722. The number of hydrogen-bond acceptors (Lipinski definition) is 2. The van der Waals surface area contributed by atoms with Gasteiger partial charge in [-0.25, -0.2) is 0 Å². The Hall–Kier alpha value is -2.16. The van der Waals surface area contributed by atoms with Gasteiger partial charge in [0.25, 0.3) is 0 Å². The van der Waals surface area contributed by atoms with Crippen molar-refractivity contribution in [1.29, 1.82) is 0 Å². The molecule has 1 fully saturated rings. The fourth-order valence-corrected chi connectivity index (χ4v) is 3.47. The molecule has 0 N–H and O–H groups in total. The van der Waals surface area contributed by atoms with Gasteiger partial charge in [-0.2, -0.15) is 0 Å². The number of morpholine rings is 1. The highest BCUT2D eigenvalue weighted by Gasteiger charge is 2.39. The second-order valence-electron chi connectivity index (χ2n) is 6.90. The summed E-state index contributed by atoms with van der Waals surface area (Å²) in [6, 6.07) is 21.3. The number of likely N-dealkylation sites (N-methyl/N-ethyl adjacent to an activating group) is 1. The van der Waals surface area contributed by atoms with Crippen molar-refractivity contribution in [2.45, 2.75) is 38.1 Å². The average molecular weight is 333 g/mol. The first-order valence-corrected chi connectivity index (χ1v) is 8.89. The molecule has 1 aliphatic heterocycles. The monoisotopic (exact) mass is 333 g/mol. The van der Waals surface area contributed by atoms with Crippen LogP contribution in [0.1, 0.15) is 31.1 Å². The molecule has 0 saturated carbocycles. The van der Waals surface area contributed by atoms with Crippen molar-refractivity contribution in [2.24, 2.45) is 0 Å². The highest BCUT2D eigenvalue weighted by molar-refractivity contribution is 5.50. The molecule has 1 saturated heterocycles. The summed E-state index contributed by atoms with van der Waals surface area (Å²) in [5, 5.41) is 0. The van der Waals surface area contributed by atoms with Crippen LogP contribution in [-0.2, 0) is 4.74 Å². The van der Waals surface area contributed by atoms with E-state index < -0.39 is 0 Å². The Morgan fingerprint density at radius 2 is 1.64 bits per heavy atom. The molecule has 0 unspecified atom stereocenters. The van der Waals surface area contributed by atoms with Crippen LogP contribution in [0.5, 0.6) is 0 Å². The summed E-state index contributed by atoms with van der Waals surface area (Å²) in [5.74, 6) is 0. The van der Waals surface area contributed by atoms with Crippen LogP contribution in [0.3, 0.4) is 0 Å². The number of rotatable bonds is 4. The lowest BCUT2D eigenvalue weighted by atomic mass is 9.92. The molecule has 2 aromatic rings. The highest BCUT2D eigenvalue weighted by Crippen LogP contribution is 2.35. The zero-order valence-electron chi connectivity index (χ0n) is 15.3. The van der Waals surface area contributed by atoms with Gasteiger partial charge in [-0.15, -0.1) is 0 Å². The lowest BCUT2D eigenvalue weighted by Crippen LogP contribution is -2.54.